The van der Waals surface area contributed by atoms with Gasteiger partial charge in [0.2, 0.25) is 0 Å². The highest BCUT2D eigenvalue weighted by atomic mass is 16.5. The van der Waals surface area contributed by atoms with Gasteiger partial charge in [0.15, 0.2) is 5.78 Å². The molecule has 0 fully saturated rings. The molecule has 0 amide bonds. The number of benzene rings is 3. The number of rotatable bonds is 5. The molecule has 0 radical (unpaired) electrons. The third-order valence-electron chi connectivity index (χ3n) is 5.12. The molecule has 2 N–H and O–H groups in total. The van der Waals surface area contributed by atoms with Crippen molar-refractivity contribution in [2.24, 2.45) is 0 Å². The van der Waals surface area contributed by atoms with Crippen LogP contribution >= 0.6 is 0 Å². The van der Waals surface area contributed by atoms with E-state index >= 15 is 0 Å². The summed E-state index contributed by atoms with van der Waals surface area (Å²) in [6.45, 7) is 0. The number of aromatic hydroxyl groups is 2. The molecular weight excluding hydrogens is 408 g/mol. The summed E-state index contributed by atoms with van der Waals surface area (Å²) in [6.07, 6.45) is 4.16. The normalized spacial score (nSPS) is 10.9. The molecule has 32 heavy (non-hydrogen) atoms. The molecule has 3 aromatic carbocycles. The van der Waals surface area contributed by atoms with E-state index in [1.807, 2.05) is 6.07 Å². The monoisotopic (exact) mass is 424 g/mol. The fourth-order valence-electron chi connectivity index (χ4n) is 3.48. The minimum Gasteiger partial charge on any atom is -0.508 e. The van der Waals surface area contributed by atoms with Gasteiger partial charge in [-0.1, -0.05) is 34.6 Å². The molecule has 7 heteroatoms. The Balaban J connectivity index is 1.64. The van der Waals surface area contributed by atoms with Gasteiger partial charge in [-0.2, -0.15) is 0 Å². The smallest absolute Gasteiger partial charge is 0.198 e. The van der Waals surface area contributed by atoms with E-state index in [1.54, 1.807) is 60.7 Å². The summed E-state index contributed by atoms with van der Waals surface area (Å²) in [5.74, 6) is 0.0354. The first-order valence-corrected chi connectivity index (χ1v) is 9.71. The molecule has 156 valence electrons. The lowest BCUT2D eigenvalue weighted by atomic mass is 9.92. The van der Waals surface area contributed by atoms with E-state index in [0.717, 1.165) is 22.3 Å². The van der Waals surface area contributed by atoms with E-state index in [4.69, 9.17) is 9.05 Å². The fourth-order valence-corrected chi connectivity index (χ4v) is 3.48. The summed E-state index contributed by atoms with van der Waals surface area (Å²) in [5, 5.41) is 26.9. The number of carbonyl (C=O) groups excluding carboxylic acids is 1. The van der Waals surface area contributed by atoms with Crippen LogP contribution in [0.2, 0.25) is 0 Å². The molecule has 0 saturated heterocycles. The van der Waals surface area contributed by atoms with E-state index < -0.39 is 0 Å². The lowest BCUT2D eigenvalue weighted by Gasteiger charge is -2.10. The van der Waals surface area contributed by atoms with E-state index in [2.05, 4.69) is 10.3 Å². The van der Waals surface area contributed by atoms with Crippen LogP contribution in [-0.2, 0) is 0 Å². The lowest BCUT2D eigenvalue weighted by Crippen LogP contribution is -2.03. The van der Waals surface area contributed by atoms with Gasteiger partial charge in [0, 0.05) is 5.56 Å². The number of carbonyl (C=O) groups is 1. The zero-order valence-corrected chi connectivity index (χ0v) is 16.6. The summed E-state index contributed by atoms with van der Waals surface area (Å²) < 4.78 is 9.94. The molecule has 0 unspecified atom stereocenters. The number of hydrogen-bond acceptors (Lipinski definition) is 7. The average Bonchev–Trinajstić information content (AvgIpc) is 3.51. The van der Waals surface area contributed by atoms with Crippen LogP contribution in [0, 0.1) is 0 Å². The Morgan fingerprint density at radius 2 is 1.28 bits per heavy atom. The van der Waals surface area contributed by atoms with Crippen LogP contribution in [-0.4, -0.2) is 26.3 Å². The van der Waals surface area contributed by atoms with Gasteiger partial charge in [0.25, 0.3) is 0 Å². The van der Waals surface area contributed by atoms with Gasteiger partial charge in [0.05, 0.1) is 17.3 Å². The van der Waals surface area contributed by atoms with Crippen LogP contribution in [0.25, 0.3) is 33.5 Å². The number of phenols is 2. The maximum absolute atomic E-state index is 13.5. The van der Waals surface area contributed by atoms with Crippen molar-refractivity contribution in [1.29, 1.82) is 0 Å². The third-order valence-corrected chi connectivity index (χ3v) is 5.12. The van der Waals surface area contributed by atoms with Gasteiger partial charge in [-0.15, -0.1) is 0 Å². The SMILES string of the molecule is O=C(c1cc(-c2ccc(O)cc2)cc(-c2ccc(O)cc2)c1)c1conc1-c1cnoc1. The highest BCUT2D eigenvalue weighted by molar-refractivity contribution is 6.13. The van der Waals surface area contributed by atoms with Crippen LogP contribution in [0.5, 0.6) is 11.5 Å². The van der Waals surface area contributed by atoms with Crippen molar-refractivity contribution in [2.75, 3.05) is 0 Å². The lowest BCUT2D eigenvalue weighted by molar-refractivity contribution is 0.103. The predicted molar refractivity (Wildman–Crippen MR) is 116 cm³/mol. The first kappa shape index (κ1) is 19.3. The molecule has 0 spiro atoms. The first-order chi connectivity index (χ1) is 15.6. The molecule has 0 aliphatic heterocycles. The Morgan fingerprint density at radius 3 is 1.81 bits per heavy atom. The summed E-state index contributed by atoms with van der Waals surface area (Å²) in [7, 11) is 0. The molecule has 5 rings (SSSR count). The van der Waals surface area contributed by atoms with Gasteiger partial charge in [-0.05, 0) is 64.7 Å². The Morgan fingerprint density at radius 1 is 0.688 bits per heavy atom. The standard InChI is InChI=1S/C25H16N2O5/c28-21-5-1-15(2-6-21)17-9-18(16-3-7-22(29)8-4-16)11-19(10-17)25(30)23-14-32-27-24(23)20-12-26-31-13-20/h1-14,28-29H. The first-order valence-electron chi connectivity index (χ1n) is 9.71. The highest BCUT2D eigenvalue weighted by Gasteiger charge is 2.21. The number of nitrogens with zero attached hydrogens (tertiary/aromatic N) is 2. The van der Waals surface area contributed by atoms with Crippen LogP contribution in [0.3, 0.4) is 0 Å². The average molecular weight is 424 g/mol. The third kappa shape index (κ3) is 3.63. The van der Waals surface area contributed by atoms with Gasteiger partial charge in [-0.25, -0.2) is 0 Å². The summed E-state index contributed by atoms with van der Waals surface area (Å²) in [6, 6.07) is 19.0. The Bertz CT molecular complexity index is 1320. The van der Waals surface area contributed by atoms with Crippen molar-refractivity contribution in [3.8, 4) is 45.0 Å². The van der Waals surface area contributed by atoms with Crippen molar-refractivity contribution in [3.05, 3.63) is 96.6 Å². The van der Waals surface area contributed by atoms with Crippen LogP contribution in [0.4, 0.5) is 0 Å². The van der Waals surface area contributed by atoms with Gasteiger partial charge in [0.1, 0.15) is 29.7 Å². The van der Waals surface area contributed by atoms with E-state index in [1.165, 1.54) is 18.7 Å². The Hall–Kier alpha value is -4.65. The zero-order valence-electron chi connectivity index (χ0n) is 16.6. The van der Waals surface area contributed by atoms with Gasteiger partial charge in [-0.3, -0.25) is 4.79 Å². The van der Waals surface area contributed by atoms with Crippen molar-refractivity contribution >= 4 is 5.78 Å². The molecule has 2 heterocycles. The van der Waals surface area contributed by atoms with Crippen molar-refractivity contribution in [3.63, 3.8) is 0 Å². The fraction of sp³-hybridized carbons (Fsp3) is 0. The van der Waals surface area contributed by atoms with Crippen molar-refractivity contribution in [1.82, 2.24) is 10.3 Å². The molecule has 2 aromatic heterocycles. The van der Waals surface area contributed by atoms with Crippen molar-refractivity contribution < 1.29 is 24.1 Å². The second-order valence-corrected chi connectivity index (χ2v) is 7.21. The quantitative estimate of drug-likeness (QED) is 0.368. The number of aromatic nitrogens is 2. The zero-order chi connectivity index (χ0) is 22.1. The highest BCUT2D eigenvalue weighted by Crippen LogP contribution is 2.32. The van der Waals surface area contributed by atoms with Gasteiger partial charge >= 0.3 is 0 Å². The Kier molecular flexibility index (Phi) is 4.76. The van der Waals surface area contributed by atoms with E-state index in [0.29, 0.717) is 16.8 Å². The minimum absolute atomic E-state index is 0.155. The number of hydrogen-bond donors (Lipinski definition) is 2. The Labute approximate surface area is 182 Å². The van der Waals surface area contributed by atoms with E-state index in [9.17, 15) is 15.0 Å². The summed E-state index contributed by atoms with van der Waals surface area (Å²) in [5.41, 5.74) is 4.85. The van der Waals surface area contributed by atoms with Crippen LogP contribution < -0.4 is 0 Å². The predicted octanol–water partition coefficient (Wildman–Crippen LogP) is 5.31. The second kappa shape index (κ2) is 7.88. The maximum Gasteiger partial charge on any atom is 0.198 e. The van der Waals surface area contributed by atoms with Crippen molar-refractivity contribution in [2.45, 2.75) is 0 Å². The van der Waals surface area contributed by atoms with E-state index in [-0.39, 0.29) is 22.8 Å². The molecule has 5 aromatic rings. The molecule has 7 nitrogen and oxygen atoms in total. The number of phenolic OH excluding ortho intramolecular Hbond substituents is 2. The number of ketones is 1. The summed E-state index contributed by atoms with van der Waals surface area (Å²) in [4.78, 5) is 13.5. The largest absolute Gasteiger partial charge is 0.508 e. The molecule has 0 aliphatic carbocycles. The molecule has 0 aliphatic rings. The topological polar surface area (TPSA) is 110 Å². The molecule has 0 bridgehead atoms. The summed E-state index contributed by atoms with van der Waals surface area (Å²) >= 11 is 0. The van der Waals surface area contributed by atoms with Crippen LogP contribution in [0.15, 0.2) is 94.5 Å². The molecular formula is C25H16N2O5. The van der Waals surface area contributed by atoms with Gasteiger partial charge < -0.3 is 19.3 Å². The minimum atomic E-state index is -0.275. The van der Waals surface area contributed by atoms with Crippen LogP contribution in [0.1, 0.15) is 15.9 Å². The maximum atomic E-state index is 13.5. The second-order valence-electron chi connectivity index (χ2n) is 7.21. The molecule has 0 saturated carbocycles. The molecule has 0 atom stereocenters.